The third kappa shape index (κ3) is 7.69. The minimum absolute atomic E-state index is 0.000566. The number of aryl methyl sites for hydroxylation is 1. The smallest absolute Gasteiger partial charge is 0.243 e. The van der Waals surface area contributed by atoms with Gasteiger partial charge in [0.1, 0.15) is 11.6 Å². The molecule has 0 N–H and O–H groups in total. The standard InChI is InChI=1S/C18H21ClFNO4S.C9H5ClFN/c1-13-4-7-15(8-5-13)26(22,23)21(12-18(24-2)25-3)11-14-6-9-17(20)16(19)10-14;10-8-3-7-5-12-2-1-6(7)4-9(8)11/h4-10,18H,11-12H2,1-3H3;1-5H. The number of hydrogen-bond acceptors (Lipinski definition) is 5. The average molecular weight is 583 g/mol. The number of benzene rings is 3. The van der Waals surface area contributed by atoms with Crippen molar-refractivity contribution in [3.8, 4) is 0 Å². The van der Waals surface area contributed by atoms with E-state index in [0.29, 0.717) is 5.56 Å². The zero-order valence-corrected chi connectivity index (χ0v) is 23.2. The second-order valence-corrected chi connectivity index (χ2v) is 11.0. The lowest BCUT2D eigenvalue weighted by molar-refractivity contribution is -0.108. The molecule has 11 heteroatoms. The molecule has 0 aliphatic carbocycles. The lowest BCUT2D eigenvalue weighted by Gasteiger charge is -2.26. The lowest BCUT2D eigenvalue weighted by Crippen LogP contribution is -2.38. The van der Waals surface area contributed by atoms with E-state index in [-0.39, 0.29) is 28.0 Å². The van der Waals surface area contributed by atoms with Crippen LogP contribution in [0, 0.1) is 18.6 Å². The van der Waals surface area contributed by atoms with Crippen molar-refractivity contribution in [1.82, 2.24) is 9.29 Å². The van der Waals surface area contributed by atoms with Gasteiger partial charge in [-0.1, -0.05) is 47.0 Å². The monoisotopic (exact) mass is 582 g/mol. The molecule has 0 radical (unpaired) electrons. The maximum atomic E-state index is 13.4. The number of aromatic nitrogens is 1. The summed E-state index contributed by atoms with van der Waals surface area (Å²) in [6.45, 7) is 1.85. The molecule has 4 rings (SSSR count). The fourth-order valence-electron chi connectivity index (χ4n) is 3.44. The van der Waals surface area contributed by atoms with E-state index in [1.54, 1.807) is 48.8 Å². The molecule has 0 fully saturated rings. The number of ether oxygens (including phenoxy) is 2. The third-order valence-corrected chi connectivity index (χ3v) is 7.97. The van der Waals surface area contributed by atoms with E-state index >= 15 is 0 Å². The molecule has 0 spiro atoms. The Kier molecular flexibility index (Phi) is 10.6. The van der Waals surface area contributed by atoms with E-state index in [1.165, 1.54) is 42.8 Å². The van der Waals surface area contributed by atoms with E-state index < -0.39 is 27.9 Å². The predicted octanol–water partition coefficient (Wildman–Crippen LogP) is 6.62. The van der Waals surface area contributed by atoms with Crippen molar-refractivity contribution in [2.24, 2.45) is 0 Å². The summed E-state index contributed by atoms with van der Waals surface area (Å²) in [6, 6.07) is 15.4. The van der Waals surface area contributed by atoms with Crippen molar-refractivity contribution in [3.63, 3.8) is 0 Å². The summed E-state index contributed by atoms with van der Waals surface area (Å²) in [4.78, 5) is 4.06. The van der Waals surface area contributed by atoms with Crippen molar-refractivity contribution in [2.75, 3.05) is 20.8 Å². The molecule has 4 aromatic rings. The molecule has 6 nitrogen and oxygen atoms in total. The first-order valence-electron chi connectivity index (χ1n) is 11.3. The highest BCUT2D eigenvalue weighted by Crippen LogP contribution is 2.23. The second-order valence-electron chi connectivity index (χ2n) is 8.25. The van der Waals surface area contributed by atoms with Crippen LogP contribution in [-0.4, -0.2) is 44.8 Å². The van der Waals surface area contributed by atoms with Crippen LogP contribution >= 0.6 is 23.2 Å². The van der Waals surface area contributed by atoms with Crippen LogP contribution < -0.4 is 0 Å². The van der Waals surface area contributed by atoms with Crippen LogP contribution in [0.1, 0.15) is 11.1 Å². The normalized spacial score (nSPS) is 11.6. The molecule has 0 saturated heterocycles. The van der Waals surface area contributed by atoms with Crippen molar-refractivity contribution in [1.29, 1.82) is 0 Å². The molecule has 0 aliphatic heterocycles. The summed E-state index contributed by atoms with van der Waals surface area (Å²) in [5.41, 5.74) is 1.51. The fraction of sp³-hybridized carbons (Fsp3) is 0.222. The predicted molar refractivity (Wildman–Crippen MR) is 145 cm³/mol. The van der Waals surface area contributed by atoms with E-state index in [9.17, 15) is 17.2 Å². The topological polar surface area (TPSA) is 68.7 Å². The molecule has 0 aliphatic rings. The van der Waals surface area contributed by atoms with Gasteiger partial charge in [-0.3, -0.25) is 4.98 Å². The minimum atomic E-state index is -3.82. The SMILES string of the molecule is COC(CN(Cc1ccc(F)c(Cl)c1)S(=O)(=O)c1ccc(C)cc1)OC.Fc1cc2ccncc2cc1Cl. The van der Waals surface area contributed by atoms with E-state index in [0.717, 1.165) is 16.3 Å². The number of fused-ring (bicyclic) bond motifs is 1. The van der Waals surface area contributed by atoms with Gasteiger partial charge >= 0.3 is 0 Å². The average Bonchev–Trinajstić information content (AvgIpc) is 2.90. The Labute approximate surface area is 230 Å². The zero-order chi connectivity index (χ0) is 27.9. The summed E-state index contributed by atoms with van der Waals surface area (Å²) >= 11 is 11.4. The number of nitrogens with zero attached hydrogens (tertiary/aromatic N) is 2. The third-order valence-electron chi connectivity index (χ3n) is 5.56. The van der Waals surface area contributed by atoms with Gasteiger partial charge in [0.15, 0.2) is 6.29 Å². The first kappa shape index (κ1) is 29.9. The molecule has 0 saturated carbocycles. The summed E-state index contributed by atoms with van der Waals surface area (Å²) in [5.74, 6) is -0.953. The quantitative estimate of drug-likeness (QED) is 0.218. The largest absolute Gasteiger partial charge is 0.354 e. The molecular weight excluding hydrogens is 557 g/mol. The number of hydrogen-bond donors (Lipinski definition) is 0. The highest BCUT2D eigenvalue weighted by atomic mass is 35.5. The molecule has 202 valence electrons. The van der Waals surface area contributed by atoms with Crippen molar-refractivity contribution in [3.05, 3.63) is 106 Å². The molecule has 38 heavy (non-hydrogen) atoms. The van der Waals surface area contributed by atoms with Gasteiger partial charge in [0, 0.05) is 38.5 Å². The number of rotatable bonds is 8. The second kappa shape index (κ2) is 13.4. The summed E-state index contributed by atoms with van der Waals surface area (Å²) in [6.07, 6.45) is 2.53. The first-order valence-corrected chi connectivity index (χ1v) is 13.5. The Morgan fingerprint density at radius 3 is 2.18 bits per heavy atom. The summed E-state index contributed by atoms with van der Waals surface area (Å²) < 4.78 is 63.9. The van der Waals surface area contributed by atoms with Gasteiger partial charge in [-0.25, -0.2) is 17.2 Å². The van der Waals surface area contributed by atoms with Gasteiger partial charge in [0.05, 0.1) is 21.5 Å². The number of halogens is 4. The molecule has 3 aromatic carbocycles. The van der Waals surface area contributed by atoms with Gasteiger partial charge in [0.25, 0.3) is 0 Å². The highest BCUT2D eigenvalue weighted by molar-refractivity contribution is 7.89. The van der Waals surface area contributed by atoms with Gasteiger partial charge in [-0.05, 0) is 60.3 Å². The van der Waals surface area contributed by atoms with Gasteiger partial charge in [0.2, 0.25) is 10.0 Å². The van der Waals surface area contributed by atoms with Gasteiger partial charge in [-0.2, -0.15) is 4.31 Å². The maximum absolute atomic E-state index is 13.4. The summed E-state index contributed by atoms with van der Waals surface area (Å²) in [7, 11) is -0.957. The summed E-state index contributed by atoms with van der Waals surface area (Å²) in [5, 5.41) is 1.73. The first-order chi connectivity index (χ1) is 18.0. The van der Waals surface area contributed by atoms with Crippen LogP contribution in [0.25, 0.3) is 10.8 Å². The highest BCUT2D eigenvalue weighted by Gasteiger charge is 2.27. The number of methoxy groups -OCH3 is 2. The Bertz CT molecular complexity index is 1440. The molecule has 0 atom stereocenters. The Hall–Kier alpha value is -2.66. The lowest BCUT2D eigenvalue weighted by atomic mass is 10.2. The van der Waals surface area contributed by atoms with Crippen molar-refractivity contribution >= 4 is 44.0 Å². The van der Waals surface area contributed by atoms with Crippen LogP contribution in [0.3, 0.4) is 0 Å². The number of sulfonamides is 1. The molecule has 1 aromatic heterocycles. The molecule has 0 bridgehead atoms. The van der Waals surface area contributed by atoms with E-state index in [1.807, 2.05) is 6.92 Å². The fourth-order valence-corrected chi connectivity index (χ4v) is 5.23. The Morgan fingerprint density at radius 2 is 1.55 bits per heavy atom. The van der Waals surface area contributed by atoms with E-state index in [4.69, 9.17) is 32.7 Å². The van der Waals surface area contributed by atoms with Gasteiger partial charge < -0.3 is 9.47 Å². The van der Waals surface area contributed by atoms with Gasteiger partial charge in [-0.15, -0.1) is 0 Å². The van der Waals surface area contributed by atoms with Crippen LogP contribution in [0.15, 0.2) is 78.0 Å². The maximum Gasteiger partial charge on any atom is 0.243 e. The van der Waals surface area contributed by atoms with E-state index in [2.05, 4.69) is 4.98 Å². The Morgan fingerprint density at radius 1 is 0.895 bits per heavy atom. The molecular formula is C27H26Cl2F2N2O4S. The number of pyridine rings is 1. The van der Waals surface area contributed by atoms with Crippen molar-refractivity contribution in [2.45, 2.75) is 24.7 Å². The van der Waals surface area contributed by atoms with Crippen molar-refractivity contribution < 1.29 is 26.7 Å². The minimum Gasteiger partial charge on any atom is -0.354 e. The van der Waals surface area contributed by atoms with Crippen LogP contribution in [0.2, 0.25) is 10.0 Å². The molecule has 0 unspecified atom stereocenters. The van der Waals surface area contributed by atoms with Crippen LogP contribution in [0.4, 0.5) is 8.78 Å². The molecule has 1 heterocycles. The van der Waals surface area contributed by atoms with Crippen LogP contribution in [0.5, 0.6) is 0 Å². The zero-order valence-electron chi connectivity index (χ0n) is 20.9. The van der Waals surface area contributed by atoms with Crippen LogP contribution in [-0.2, 0) is 26.0 Å². The molecule has 0 amide bonds. The Balaban J connectivity index is 0.000000275.